The Morgan fingerprint density at radius 1 is 1.17 bits per heavy atom. The van der Waals surface area contributed by atoms with Gasteiger partial charge < -0.3 is 14.8 Å². The van der Waals surface area contributed by atoms with Gasteiger partial charge in [0.15, 0.2) is 11.6 Å². The molecule has 1 amide bonds. The molecule has 2 rings (SSSR count). The summed E-state index contributed by atoms with van der Waals surface area (Å²) in [6, 6.07) is 10.8. The number of hydrogen-bond acceptors (Lipinski definition) is 4. The van der Waals surface area contributed by atoms with Gasteiger partial charge in [0, 0.05) is 16.6 Å². The number of methoxy groups -OCH3 is 1. The standard InChI is InChI=1S/C17H15BrFNO4/c1-23-16(21)8-9-20-17(22)11-2-7-15(14(19)10-11)24-13-5-3-12(18)4-6-13/h2-7,10H,8-9H2,1H3,(H,20,22). The van der Waals surface area contributed by atoms with Gasteiger partial charge in [-0.3, -0.25) is 9.59 Å². The van der Waals surface area contributed by atoms with Crippen LogP contribution in [-0.4, -0.2) is 25.5 Å². The quantitative estimate of drug-likeness (QED) is 0.757. The maximum Gasteiger partial charge on any atom is 0.307 e. The number of rotatable bonds is 6. The van der Waals surface area contributed by atoms with Gasteiger partial charge in [-0.05, 0) is 42.5 Å². The molecule has 0 saturated heterocycles. The first-order valence-electron chi connectivity index (χ1n) is 7.07. The number of benzene rings is 2. The van der Waals surface area contributed by atoms with Crippen LogP contribution in [0.4, 0.5) is 4.39 Å². The highest BCUT2D eigenvalue weighted by Gasteiger charge is 2.11. The predicted octanol–water partition coefficient (Wildman–Crippen LogP) is 3.67. The molecular weight excluding hydrogens is 381 g/mol. The van der Waals surface area contributed by atoms with Crippen LogP contribution >= 0.6 is 15.9 Å². The number of carbonyl (C=O) groups is 2. The van der Waals surface area contributed by atoms with Gasteiger partial charge in [0.05, 0.1) is 13.5 Å². The van der Waals surface area contributed by atoms with E-state index < -0.39 is 17.7 Å². The Balaban J connectivity index is 1.99. The molecule has 0 fully saturated rings. The second-order valence-corrected chi connectivity index (χ2v) is 5.70. The van der Waals surface area contributed by atoms with Crippen molar-refractivity contribution in [2.45, 2.75) is 6.42 Å². The van der Waals surface area contributed by atoms with Gasteiger partial charge >= 0.3 is 5.97 Å². The molecule has 0 bridgehead atoms. The van der Waals surface area contributed by atoms with E-state index in [2.05, 4.69) is 26.0 Å². The topological polar surface area (TPSA) is 64.6 Å². The van der Waals surface area contributed by atoms with Crippen molar-refractivity contribution in [2.75, 3.05) is 13.7 Å². The lowest BCUT2D eigenvalue weighted by molar-refractivity contribution is -0.140. The van der Waals surface area contributed by atoms with Gasteiger partial charge in [-0.1, -0.05) is 15.9 Å². The van der Waals surface area contributed by atoms with Crippen LogP contribution in [0, 0.1) is 5.82 Å². The molecule has 0 aliphatic heterocycles. The fourth-order valence-corrected chi connectivity index (χ4v) is 2.10. The second kappa shape index (κ2) is 8.44. The average Bonchev–Trinajstić information content (AvgIpc) is 2.58. The highest BCUT2D eigenvalue weighted by Crippen LogP contribution is 2.26. The summed E-state index contributed by atoms with van der Waals surface area (Å²) in [7, 11) is 1.27. The van der Waals surface area contributed by atoms with E-state index in [1.54, 1.807) is 24.3 Å². The van der Waals surface area contributed by atoms with Crippen molar-refractivity contribution in [3.05, 3.63) is 58.3 Å². The van der Waals surface area contributed by atoms with E-state index in [0.717, 1.165) is 10.5 Å². The van der Waals surface area contributed by atoms with Crippen LogP contribution in [0.5, 0.6) is 11.5 Å². The van der Waals surface area contributed by atoms with E-state index in [-0.39, 0.29) is 24.3 Å². The summed E-state index contributed by atoms with van der Waals surface area (Å²) in [5, 5.41) is 2.51. The summed E-state index contributed by atoms with van der Waals surface area (Å²) in [6.45, 7) is 0.115. The largest absolute Gasteiger partial charge is 0.469 e. The number of hydrogen-bond donors (Lipinski definition) is 1. The van der Waals surface area contributed by atoms with Crippen LogP contribution in [-0.2, 0) is 9.53 Å². The fourth-order valence-electron chi connectivity index (χ4n) is 1.84. The van der Waals surface area contributed by atoms with Crippen LogP contribution < -0.4 is 10.1 Å². The molecule has 7 heteroatoms. The molecule has 0 aliphatic rings. The van der Waals surface area contributed by atoms with Gasteiger partial charge in [0.1, 0.15) is 5.75 Å². The molecule has 5 nitrogen and oxygen atoms in total. The number of esters is 1. The summed E-state index contributed by atoms with van der Waals surface area (Å²) >= 11 is 3.30. The van der Waals surface area contributed by atoms with E-state index in [1.807, 2.05) is 0 Å². The third-order valence-corrected chi connectivity index (χ3v) is 3.61. The minimum Gasteiger partial charge on any atom is -0.469 e. The molecule has 2 aromatic rings. The summed E-state index contributed by atoms with van der Waals surface area (Å²) in [4.78, 5) is 22.9. The zero-order valence-corrected chi connectivity index (χ0v) is 14.4. The molecule has 0 radical (unpaired) electrons. The van der Waals surface area contributed by atoms with Gasteiger partial charge in [0.2, 0.25) is 0 Å². The first-order valence-corrected chi connectivity index (χ1v) is 7.87. The predicted molar refractivity (Wildman–Crippen MR) is 89.6 cm³/mol. The Hall–Kier alpha value is -2.41. The molecule has 0 heterocycles. The van der Waals surface area contributed by atoms with Crippen molar-refractivity contribution in [2.24, 2.45) is 0 Å². The second-order valence-electron chi connectivity index (χ2n) is 4.78. The average molecular weight is 396 g/mol. The molecule has 0 unspecified atom stereocenters. The van der Waals surface area contributed by atoms with Crippen molar-refractivity contribution >= 4 is 27.8 Å². The Labute approximate surface area is 146 Å². The zero-order valence-electron chi connectivity index (χ0n) is 12.8. The van der Waals surface area contributed by atoms with Crippen molar-refractivity contribution in [1.82, 2.24) is 5.32 Å². The SMILES string of the molecule is COC(=O)CCNC(=O)c1ccc(Oc2ccc(Br)cc2)c(F)c1. The summed E-state index contributed by atoms with van der Waals surface area (Å²) in [5.41, 5.74) is 0.139. The Morgan fingerprint density at radius 3 is 2.50 bits per heavy atom. The molecule has 0 spiro atoms. The molecule has 1 N–H and O–H groups in total. The number of nitrogens with one attached hydrogen (secondary N) is 1. The lowest BCUT2D eigenvalue weighted by Crippen LogP contribution is -2.26. The third-order valence-electron chi connectivity index (χ3n) is 3.08. The fraction of sp³-hybridized carbons (Fsp3) is 0.176. The maximum atomic E-state index is 14.1. The number of ether oxygens (including phenoxy) is 2. The van der Waals surface area contributed by atoms with Gasteiger partial charge in [-0.2, -0.15) is 0 Å². The highest BCUT2D eigenvalue weighted by atomic mass is 79.9. The van der Waals surface area contributed by atoms with Crippen LogP contribution in [0.3, 0.4) is 0 Å². The first kappa shape index (κ1) is 17.9. The van der Waals surface area contributed by atoms with Gasteiger partial charge in [-0.25, -0.2) is 4.39 Å². The van der Waals surface area contributed by atoms with Crippen LogP contribution in [0.25, 0.3) is 0 Å². The summed E-state index contributed by atoms with van der Waals surface area (Å²) < 4.78 is 24.9. The smallest absolute Gasteiger partial charge is 0.307 e. The number of amides is 1. The van der Waals surface area contributed by atoms with Crippen molar-refractivity contribution in [3.63, 3.8) is 0 Å². The van der Waals surface area contributed by atoms with Crippen molar-refractivity contribution in [1.29, 1.82) is 0 Å². The highest BCUT2D eigenvalue weighted by molar-refractivity contribution is 9.10. The van der Waals surface area contributed by atoms with E-state index >= 15 is 0 Å². The summed E-state index contributed by atoms with van der Waals surface area (Å²) in [5.74, 6) is -1.07. The molecular formula is C17H15BrFNO4. The Bertz CT molecular complexity index is 734. The van der Waals surface area contributed by atoms with E-state index in [1.165, 1.54) is 19.2 Å². The maximum absolute atomic E-state index is 14.1. The molecule has 0 aromatic heterocycles. The van der Waals surface area contributed by atoms with Gasteiger partial charge in [-0.15, -0.1) is 0 Å². The van der Waals surface area contributed by atoms with E-state index in [4.69, 9.17) is 4.74 Å². The lowest BCUT2D eigenvalue weighted by Gasteiger charge is -2.09. The first-order chi connectivity index (χ1) is 11.5. The zero-order chi connectivity index (χ0) is 17.5. The number of carbonyl (C=O) groups excluding carboxylic acids is 2. The van der Waals surface area contributed by atoms with E-state index in [9.17, 15) is 14.0 Å². The monoisotopic (exact) mass is 395 g/mol. The van der Waals surface area contributed by atoms with Crippen LogP contribution in [0.2, 0.25) is 0 Å². The van der Waals surface area contributed by atoms with Crippen LogP contribution in [0.15, 0.2) is 46.9 Å². The van der Waals surface area contributed by atoms with Gasteiger partial charge in [0.25, 0.3) is 5.91 Å². The Kier molecular flexibility index (Phi) is 6.31. The minimum atomic E-state index is -0.654. The third kappa shape index (κ3) is 5.06. The molecule has 2 aromatic carbocycles. The Morgan fingerprint density at radius 2 is 1.88 bits per heavy atom. The lowest BCUT2D eigenvalue weighted by atomic mass is 10.2. The molecule has 0 saturated carbocycles. The molecule has 0 aliphatic carbocycles. The normalized spacial score (nSPS) is 10.1. The van der Waals surface area contributed by atoms with Crippen LogP contribution in [0.1, 0.15) is 16.8 Å². The molecule has 126 valence electrons. The van der Waals surface area contributed by atoms with Crippen molar-refractivity contribution in [3.8, 4) is 11.5 Å². The number of halogens is 2. The van der Waals surface area contributed by atoms with E-state index in [0.29, 0.717) is 5.75 Å². The summed E-state index contributed by atoms with van der Waals surface area (Å²) in [6.07, 6.45) is 0.0511. The van der Waals surface area contributed by atoms with Crippen molar-refractivity contribution < 1.29 is 23.5 Å². The molecule has 0 atom stereocenters. The molecule has 24 heavy (non-hydrogen) atoms. The minimum absolute atomic E-state index is 0.0171.